The molecule has 1 aromatic heterocycles. The van der Waals surface area contributed by atoms with Crippen molar-refractivity contribution in [3.05, 3.63) is 17.0 Å². The maximum Gasteiger partial charge on any atom is 0.152 e. The van der Waals surface area contributed by atoms with E-state index >= 15 is 0 Å². The first-order chi connectivity index (χ1) is 8.79. The normalized spacial score (nSPS) is 25.9. The minimum Gasteiger partial charge on any atom is -0.319 e. The summed E-state index contributed by atoms with van der Waals surface area (Å²) in [6.07, 6.45) is 1.58. The molecule has 1 atom stereocenters. The third kappa shape index (κ3) is 2.69. The first-order valence-corrected chi connectivity index (χ1v) is 8.52. The quantitative estimate of drug-likeness (QED) is 0.888. The van der Waals surface area contributed by atoms with Gasteiger partial charge < -0.3 is 5.32 Å². The van der Waals surface area contributed by atoms with Crippen molar-refractivity contribution in [1.29, 1.82) is 0 Å². The molecule has 0 aromatic carbocycles. The zero-order valence-electron chi connectivity index (χ0n) is 12.2. The molecule has 19 heavy (non-hydrogen) atoms. The van der Waals surface area contributed by atoms with E-state index in [1.54, 1.807) is 0 Å². The van der Waals surface area contributed by atoms with Crippen molar-refractivity contribution >= 4 is 9.84 Å². The van der Waals surface area contributed by atoms with Crippen molar-refractivity contribution < 1.29 is 8.42 Å². The molecule has 1 unspecified atom stereocenters. The van der Waals surface area contributed by atoms with Crippen LogP contribution in [0.1, 0.15) is 30.3 Å². The van der Waals surface area contributed by atoms with Gasteiger partial charge in [-0.1, -0.05) is 0 Å². The predicted molar refractivity (Wildman–Crippen MR) is 76.3 cm³/mol. The van der Waals surface area contributed by atoms with E-state index in [4.69, 9.17) is 0 Å². The van der Waals surface area contributed by atoms with Gasteiger partial charge in [0.15, 0.2) is 9.84 Å². The summed E-state index contributed by atoms with van der Waals surface area (Å²) in [5, 5.41) is 7.75. The van der Waals surface area contributed by atoms with Crippen molar-refractivity contribution in [3.63, 3.8) is 0 Å². The highest BCUT2D eigenvalue weighted by molar-refractivity contribution is 7.91. The van der Waals surface area contributed by atoms with Crippen LogP contribution in [-0.4, -0.2) is 43.3 Å². The average Bonchev–Trinajstić information content (AvgIpc) is 2.76. The largest absolute Gasteiger partial charge is 0.319 e. The molecule has 5 nitrogen and oxygen atoms in total. The number of hydrogen-bond acceptors (Lipinski definition) is 4. The number of nitrogens with zero attached hydrogens (tertiary/aromatic N) is 2. The van der Waals surface area contributed by atoms with Crippen molar-refractivity contribution in [2.75, 3.05) is 25.1 Å². The van der Waals surface area contributed by atoms with Gasteiger partial charge in [-0.05, 0) is 52.8 Å². The van der Waals surface area contributed by atoms with Crippen LogP contribution in [0, 0.1) is 13.8 Å². The topological polar surface area (TPSA) is 64.0 Å². The predicted octanol–water partition coefficient (Wildman–Crippen LogP) is 0.796. The molecule has 1 aromatic rings. The van der Waals surface area contributed by atoms with E-state index in [9.17, 15) is 8.42 Å². The third-order valence-corrected chi connectivity index (χ3v) is 5.95. The molecular formula is C13H23N3O2S. The van der Waals surface area contributed by atoms with Crippen molar-refractivity contribution in [2.24, 2.45) is 0 Å². The second kappa shape index (κ2) is 4.90. The lowest BCUT2D eigenvalue weighted by Gasteiger charge is -2.24. The maximum atomic E-state index is 11.7. The minimum absolute atomic E-state index is 0.202. The Balaban J connectivity index is 2.36. The molecule has 108 valence electrons. The molecule has 0 saturated carbocycles. The Hall–Kier alpha value is -0.880. The summed E-state index contributed by atoms with van der Waals surface area (Å²) >= 11 is 0. The van der Waals surface area contributed by atoms with Gasteiger partial charge in [0, 0.05) is 5.69 Å². The zero-order chi connectivity index (χ0) is 14.3. The fourth-order valence-corrected chi connectivity index (χ4v) is 5.08. The molecular weight excluding hydrogens is 262 g/mol. The van der Waals surface area contributed by atoms with Gasteiger partial charge in [-0.3, -0.25) is 4.68 Å². The van der Waals surface area contributed by atoms with Crippen molar-refractivity contribution in [3.8, 4) is 0 Å². The lowest BCUT2D eigenvalue weighted by Crippen LogP contribution is -2.33. The Bertz CT molecular complexity index is 577. The second-order valence-corrected chi connectivity index (χ2v) is 7.94. The number of likely N-dealkylation sites (N-methyl/N-ethyl adjacent to an activating group) is 1. The molecule has 0 amide bonds. The van der Waals surface area contributed by atoms with E-state index in [0.717, 1.165) is 24.4 Å². The number of sulfone groups is 1. The Labute approximate surface area is 115 Å². The molecule has 1 saturated heterocycles. The molecule has 1 aliphatic rings. The molecule has 0 aliphatic carbocycles. The summed E-state index contributed by atoms with van der Waals surface area (Å²) in [5.74, 6) is 0.473. The monoisotopic (exact) mass is 285 g/mol. The highest BCUT2D eigenvalue weighted by Gasteiger charge is 2.41. The van der Waals surface area contributed by atoms with Crippen LogP contribution >= 0.6 is 0 Å². The molecule has 1 N–H and O–H groups in total. The SMILES string of the molecule is CNCCc1c(C)nn(C2(C)CCS(=O)(=O)C2)c1C. The number of nitrogens with one attached hydrogen (secondary N) is 1. The van der Waals surface area contributed by atoms with E-state index in [2.05, 4.69) is 10.4 Å². The van der Waals surface area contributed by atoms with Gasteiger partial charge in [-0.2, -0.15) is 5.10 Å². The van der Waals surface area contributed by atoms with E-state index < -0.39 is 9.84 Å². The van der Waals surface area contributed by atoms with E-state index in [0.29, 0.717) is 6.42 Å². The van der Waals surface area contributed by atoms with Crippen LogP contribution in [0.25, 0.3) is 0 Å². The van der Waals surface area contributed by atoms with Gasteiger partial charge in [-0.25, -0.2) is 8.42 Å². The van der Waals surface area contributed by atoms with E-state index in [-0.39, 0.29) is 17.0 Å². The molecule has 1 fully saturated rings. The van der Waals surface area contributed by atoms with Crippen LogP contribution in [0.5, 0.6) is 0 Å². The highest BCUT2D eigenvalue weighted by Crippen LogP contribution is 2.32. The fraction of sp³-hybridized carbons (Fsp3) is 0.769. The van der Waals surface area contributed by atoms with Gasteiger partial charge in [0.05, 0.1) is 22.7 Å². The van der Waals surface area contributed by atoms with Crippen LogP contribution < -0.4 is 5.32 Å². The van der Waals surface area contributed by atoms with Gasteiger partial charge in [-0.15, -0.1) is 0 Å². The van der Waals surface area contributed by atoms with Crippen molar-refractivity contribution in [1.82, 2.24) is 15.1 Å². The van der Waals surface area contributed by atoms with Gasteiger partial charge >= 0.3 is 0 Å². The summed E-state index contributed by atoms with van der Waals surface area (Å²) in [6, 6.07) is 0. The van der Waals surface area contributed by atoms with Gasteiger partial charge in [0.1, 0.15) is 0 Å². The van der Waals surface area contributed by atoms with Crippen molar-refractivity contribution in [2.45, 2.75) is 39.2 Å². The van der Waals surface area contributed by atoms with Crippen LogP contribution in [0.3, 0.4) is 0 Å². The molecule has 1 aliphatic heterocycles. The number of hydrogen-bond donors (Lipinski definition) is 1. The minimum atomic E-state index is -2.91. The summed E-state index contributed by atoms with van der Waals surface area (Å²) in [7, 11) is -0.982. The van der Waals surface area contributed by atoms with Crippen LogP contribution in [-0.2, 0) is 21.8 Å². The standard InChI is InChI=1S/C13H23N3O2S/c1-10-12(5-7-14-4)11(2)16(15-10)13(3)6-8-19(17,18)9-13/h14H,5-9H2,1-4H3. The van der Waals surface area contributed by atoms with E-state index in [1.807, 2.05) is 32.5 Å². The summed E-state index contributed by atoms with van der Waals surface area (Å²) < 4.78 is 25.4. The molecule has 0 radical (unpaired) electrons. The second-order valence-electron chi connectivity index (χ2n) is 5.75. The van der Waals surface area contributed by atoms with Gasteiger partial charge in [0.2, 0.25) is 0 Å². The smallest absolute Gasteiger partial charge is 0.152 e. The molecule has 2 heterocycles. The average molecular weight is 285 g/mol. The summed E-state index contributed by atoms with van der Waals surface area (Å²) in [5.41, 5.74) is 2.97. The van der Waals surface area contributed by atoms with Gasteiger partial charge in [0.25, 0.3) is 0 Å². The van der Waals surface area contributed by atoms with E-state index in [1.165, 1.54) is 5.56 Å². The molecule has 0 spiro atoms. The lowest BCUT2D eigenvalue weighted by atomic mass is 10.0. The number of aryl methyl sites for hydroxylation is 1. The van der Waals surface area contributed by atoms with Crippen LogP contribution in [0.15, 0.2) is 0 Å². The third-order valence-electron chi connectivity index (χ3n) is 4.06. The Morgan fingerprint density at radius 1 is 1.42 bits per heavy atom. The lowest BCUT2D eigenvalue weighted by molar-refractivity contribution is 0.320. The fourth-order valence-electron chi connectivity index (χ4n) is 2.97. The summed E-state index contributed by atoms with van der Waals surface area (Å²) in [4.78, 5) is 0. The van der Waals surface area contributed by atoms with Crippen LogP contribution in [0.4, 0.5) is 0 Å². The molecule has 0 bridgehead atoms. The number of aromatic nitrogens is 2. The zero-order valence-corrected chi connectivity index (χ0v) is 13.0. The molecule has 2 rings (SSSR count). The van der Waals surface area contributed by atoms with Crippen LogP contribution in [0.2, 0.25) is 0 Å². The maximum absolute atomic E-state index is 11.7. The summed E-state index contributed by atoms with van der Waals surface area (Å²) in [6.45, 7) is 6.95. The number of rotatable bonds is 4. The Morgan fingerprint density at radius 2 is 2.11 bits per heavy atom. The Kier molecular flexibility index (Phi) is 3.75. The first kappa shape index (κ1) is 14.5. The highest BCUT2D eigenvalue weighted by atomic mass is 32.2. The Morgan fingerprint density at radius 3 is 2.63 bits per heavy atom. The molecule has 6 heteroatoms. The first-order valence-electron chi connectivity index (χ1n) is 6.70.